The maximum atomic E-state index is 10.9. The highest BCUT2D eigenvalue weighted by atomic mass is 16.6. The minimum Gasteiger partial charge on any atom is -0.366 e. The van der Waals surface area contributed by atoms with Gasteiger partial charge in [0.25, 0.3) is 5.69 Å². The first kappa shape index (κ1) is 12.5. The Kier molecular flexibility index (Phi) is 4.76. The fraction of sp³-hybridized carbons (Fsp3) is 0.500. The quantitative estimate of drug-likeness (QED) is 0.548. The van der Waals surface area contributed by atoms with E-state index in [2.05, 4.69) is 18.7 Å². The van der Waals surface area contributed by atoms with Crippen LogP contribution in [0.15, 0.2) is 24.3 Å². The number of para-hydroxylation sites is 2. The van der Waals surface area contributed by atoms with Gasteiger partial charge in [0.2, 0.25) is 0 Å². The first-order valence-electron chi connectivity index (χ1n) is 5.69. The van der Waals surface area contributed by atoms with Crippen molar-refractivity contribution in [1.82, 2.24) is 0 Å². The topological polar surface area (TPSA) is 46.4 Å². The Morgan fingerprint density at radius 2 is 1.75 bits per heavy atom. The zero-order valence-corrected chi connectivity index (χ0v) is 9.85. The molecule has 0 aliphatic rings. The molecule has 0 fully saturated rings. The third kappa shape index (κ3) is 2.95. The van der Waals surface area contributed by atoms with E-state index in [-0.39, 0.29) is 10.6 Å². The smallest absolute Gasteiger partial charge is 0.292 e. The normalized spacial score (nSPS) is 10.1. The van der Waals surface area contributed by atoms with Crippen LogP contribution in [0.1, 0.15) is 26.7 Å². The second-order valence-corrected chi connectivity index (χ2v) is 3.73. The lowest BCUT2D eigenvalue weighted by atomic mass is 10.2. The van der Waals surface area contributed by atoms with E-state index in [1.54, 1.807) is 12.1 Å². The molecule has 0 heterocycles. The predicted octanol–water partition coefficient (Wildman–Crippen LogP) is 3.22. The number of benzene rings is 1. The van der Waals surface area contributed by atoms with Crippen LogP contribution in [0.2, 0.25) is 0 Å². The SMILES string of the molecule is CCCN(CCC)c1ccccc1[N+](=O)[O-]. The molecule has 0 saturated carbocycles. The molecule has 0 unspecified atom stereocenters. The molecule has 4 nitrogen and oxygen atoms in total. The molecule has 4 heteroatoms. The molecule has 0 bridgehead atoms. The molecule has 0 N–H and O–H groups in total. The van der Waals surface area contributed by atoms with Crippen LogP contribution in [0.4, 0.5) is 11.4 Å². The molecule has 88 valence electrons. The summed E-state index contributed by atoms with van der Waals surface area (Å²) in [7, 11) is 0. The molecule has 16 heavy (non-hydrogen) atoms. The predicted molar refractivity (Wildman–Crippen MR) is 65.9 cm³/mol. The van der Waals surface area contributed by atoms with Gasteiger partial charge in [-0.05, 0) is 18.9 Å². The summed E-state index contributed by atoms with van der Waals surface area (Å²) in [6, 6.07) is 6.94. The maximum absolute atomic E-state index is 10.9. The van der Waals surface area contributed by atoms with Gasteiger partial charge in [0.05, 0.1) is 4.92 Å². The van der Waals surface area contributed by atoms with Crippen molar-refractivity contribution < 1.29 is 4.92 Å². The van der Waals surface area contributed by atoms with Crippen molar-refractivity contribution in [2.45, 2.75) is 26.7 Å². The van der Waals surface area contributed by atoms with Gasteiger partial charge in [0, 0.05) is 19.2 Å². The van der Waals surface area contributed by atoms with Gasteiger partial charge in [0.15, 0.2) is 0 Å². The minimum atomic E-state index is -0.312. The summed E-state index contributed by atoms with van der Waals surface area (Å²) in [5.41, 5.74) is 0.931. The van der Waals surface area contributed by atoms with Crippen molar-refractivity contribution >= 4 is 11.4 Å². The molecule has 0 aliphatic heterocycles. The molecular formula is C12H18N2O2. The van der Waals surface area contributed by atoms with Crippen molar-refractivity contribution in [2.75, 3.05) is 18.0 Å². The first-order valence-corrected chi connectivity index (χ1v) is 5.69. The Morgan fingerprint density at radius 1 is 1.19 bits per heavy atom. The van der Waals surface area contributed by atoms with Gasteiger partial charge in [-0.15, -0.1) is 0 Å². The molecule has 1 aromatic carbocycles. The van der Waals surface area contributed by atoms with Gasteiger partial charge >= 0.3 is 0 Å². The van der Waals surface area contributed by atoms with E-state index < -0.39 is 0 Å². The van der Waals surface area contributed by atoms with E-state index in [1.807, 2.05) is 12.1 Å². The van der Waals surface area contributed by atoms with Gasteiger partial charge in [-0.1, -0.05) is 26.0 Å². The van der Waals surface area contributed by atoms with Gasteiger partial charge < -0.3 is 4.90 Å². The van der Waals surface area contributed by atoms with E-state index in [0.29, 0.717) is 0 Å². The molecule has 1 aromatic rings. The fourth-order valence-corrected chi connectivity index (χ4v) is 1.78. The number of nitro benzene ring substituents is 1. The summed E-state index contributed by atoms with van der Waals surface area (Å²) in [6.07, 6.45) is 1.98. The Bertz CT molecular complexity index is 347. The van der Waals surface area contributed by atoms with Crippen LogP contribution in [0.5, 0.6) is 0 Å². The van der Waals surface area contributed by atoms with Gasteiger partial charge in [0.1, 0.15) is 5.69 Å². The Balaban J connectivity index is 3.02. The monoisotopic (exact) mass is 222 g/mol. The average Bonchev–Trinajstić information content (AvgIpc) is 2.29. The van der Waals surface area contributed by atoms with Crippen LogP contribution < -0.4 is 4.90 Å². The minimum absolute atomic E-state index is 0.199. The summed E-state index contributed by atoms with van der Waals surface area (Å²) < 4.78 is 0. The molecule has 0 aromatic heterocycles. The lowest BCUT2D eigenvalue weighted by Crippen LogP contribution is -2.25. The van der Waals surface area contributed by atoms with Crippen molar-refractivity contribution in [3.8, 4) is 0 Å². The fourth-order valence-electron chi connectivity index (χ4n) is 1.78. The highest BCUT2D eigenvalue weighted by Crippen LogP contribution is 2.27. The Morgan fingerprint density at radius 3 is 2.25 bits per heavy atom. The lowest BCUT2D eigenvalue weighted by Gasteiger charge is -2.23. The van der Waals surface area contributed by atoms with Crippen LogP contribution in [0.3, 0.4) is 0 Å². The molecule has 0 aliphatic carbocycles. The zero-order valence-electron chi connectivity index (χ0n) is 9.85. The first-order chi connectivity index (χ1) is 7.70. The number of anilines is 1. The van der Waals surface area contributed by atoms with Gasteiger partial charge in [-0.3, -0.25) is 10.1 Å². The summed E-state index contributed by atoms with van der Waals surface area (Å²) >= 11 is 0. The number of hydrogen-bond acceptors (Lipinski definition) is 3. The van der Waals surface area contributed by atoms with E-state index in [0.717, 1.165) is 31.6 Å². The molecule has 0 spiro atoms. The number of nitro groups is 1. The molecule has 1 rings (SSSR count). The molecular weight excluding hydrogens is 204 g/mol. The second kappa shape index (κ2) is 6.10. The maximum Gasteiger partial charge on any atom is 0.292 e. The van der Waals surface area contributed by atoms with Gasteiger partial charge in [-0.25, -0.2) is 0 Å². The summed E-state index contributed by atoms with van der Waals surface area (Å²) in [4.78, 5) is 12.7. The summed E-state index contributed by atoms with van der Waals surface area (Å²) in [5.74, 6) is 0. The molecule has 0 saturated heterocycles. The lowest BCUT2D eigenvalue weighted by molar-refractivity contribution is -0.384. The van der Waals surface area contributed by atoms with Crippen molar-refractivity contribution in [2.24, 2.45) is 0 Å². The standard InChI is InChI=1S/C12H18N2O2/c1-3-9-13(10-4-2)11-7-5-6-8-12(11)14(15)16/h5-8H,3-4,9-10H2,1-2H3. The number of rotatable bonds is 6. The summed E-state index contributed by atoms with van der Waals surface area (Å²) in [5, 5.41) is 10.9. The highest BCUT2D eigenvalue weighted by Gasteiger charge is 2.17. The van der Waals surface area contributed by atoms with E-state index in [1.165, 1.54) is 0 Å². The largest absolute Gasteiger partial charge is 0.366 e. The third-order valence-corrected chi connectivity index (χ3v) is 2.41. The summed E-state index contributed by atoms with van der Waals surface area (Å²) in [6.45, 7) is 5.88. The van der Waals surface area contributed by atoms with E-state index >= 15 is 0 Å². The highest BCUT2D eigenvalue weighted by molar-refractivity contribution is 5.62. The van der Waals surface area contributed by atoms with Crippen molar-refractivity contribution in [1.29, 1.82) is 0 Å². The van der Waals surface area contributed by atoms with Crippen LogP contribution in [0.25, 0.3) is 0 Å². The molecule has 0 amide bonds. The number of hydrogen-bond donors (Lipinski definition) is 0. The third-order valence-electron chi connectivity index (χ3n) is 2.41. The Hall–Kier alpha value is -1.58. The van der Waals surface area contributed by atoms with Crippen molar-refractivity contribution in [3.05, 3.63) is 34.4 Å². The van der Waals surface area contributed by atoms with Crippen LogP contribution >= 0.6 is 0 Å². The molecule has 0 atom stereocenters. The Labute approximate surface area is 96.0 Å². The van der Waals surface area contributed by atoms with Crippen LogP contribution in [-0.4, -0.2) is 18.0 Å². The average molecular weight is 222 g/mol. The second-order valence-electron chi connectivity index (χ2n) is 3.73. The zero-order chi connectivity index (χ0) is 12.0. The van der Waals surface area contributed by atoms with Crippen LogP contribution in [0, 0.1) is 10.1 Å². The van der Waals surface area contributed by atoms with Crippen molar-refractivity contribution in [3.63, 3.8) is 0 Å². The van der Waals surface area contributed by atoms with Crippen LogP contribution in [-0.2, 0) is 0 Å². The van der Waals surface area contributed by atoms with E-state index in [9.17, 15) is 10.1 Å². The number of nitrogens with zero attached hydrogens (tertiary/aromatic N) is 2. The van der Waals surface area contributed by atoms with Gasteiger partial charge in [-0.2, -0.15) is 0 Å². The molecule has 0 radical (unpaired) electrons. The van der Waals surface area contributed by atoms with E-state index in [4.69, 9.17) is 0 Å².